The molecular weight excluding hydrogens is 330 g/mol. The molecule has 0 aliphatic heterocycles. The Hall–Kier alpha value is -2.03. The molecule has 132 valence electrons. The Morgan fingerprint density at radius 1 is 1.17 bits per heavy atom. The van der Waals surface area contributed by atoms with Crippen LogP contribution in [-0.2, 0) is 25.4 Å². The van der Waals surface area contributed by atoms with Crippen molar-refractivity contribution < 1.29 is 4.79 Å². The van der Waals surface area contributed by atoms with E-state index in [1.54, 1.807) is 11.6 Å². The maximum atomic E-state index is 12.6. The molecule has 2 aromatic heterocycles. The molecule has 9 heteroatoms. The molecule has 2 heterocycles. The van der Waals surface area contributed by atoms with Gasteiger partial charge in [-0.1, -0.05) is 37.9 Å². The van der Waals surface area contributed by atoms with Gasteiger partial charge >= 0.3 is 5.69 Å². The molecule has 2 rings (SSSR count). The Morgan fingerprint density at radius 2 is 1.88 bits per heavy atom. The number of aromatic nitrogens is 4. The smallest absolute Gasteiger partial charge is 0.332 e. The minimum atomic E-state index is -0.452. The number of hydrogen-bond donors (Lipinski definition) is 1. The maximum Gasteiger partial charge on any atom is 0.332 e. The van der Waals surface area contributed by atoms with Crippen LogP contribution in [0, 0.1) is 0 Å². The second-order valence-electron chi connectivity index (χ2n) is 5.74. The number of thioether (sulfide) groups is 1. The van der Waals surface area contributed by atoms with Crippen LogP contribution in [0.2, 0.25) is 0 Å². The summed E-state index contributed by atoms with van der Waals surface area (Å²) in [6.45, 7) is 2.75. The predicted octanol–water partition coefficient (Wildman–Crippen LogP) is 0.591. The van der Waals surface area contributed by atoms with Gasteiger partial charge < -0.3 is 10.3 Å². The van der Waals surface area contributed by atoms with E-state index >= 15 is 0 Å². The van der Waals surface area contributed by atoms with Crippen LogP contribution in [-0.4, -0.2) is 30.3 Å². The van der Waals surface area contributed by atoms with Crippen molar-refractivity contribution >= 4 is 28.8 Å². The number of nitrogens with two attached hydrogens (primary N) is 1. The van der Waals surface area contributed by atoms with Gasteiger partial charge in [0.15, 0.2) is 16.3 Å². The number of unbranched alkanes of at least 4 members (excludes halogenated alkanes) is 3. The van der Waals surface area contributed by atoms with Crippen molar-refractivity contribution in [3.8, 4) is 0 Å². The van der Waals surface area contributed by atoms with Crippen molar-refractivity contribution in [2.75, 3.05) is 5.75 Å². The van der Waals surface area contributed by atoms with E-state index in [1.165, 1.54) is 23.4 Å². The number of hydrogen-bond acceptors (Lipinski definition) is 5. The van der Waals surface area contributed by atoms with Gasteiger partial charge in [-0.2, -0.15) is 0 Å². The Kier molecular flexibility index (Phi) is 5.87. The molecule has 8 nitrogen and oxygen atoms in total. The number of carbonyl (C=O) groups is 1. The van der Waals surface area contributed by atoms with Gasteiger partial charge in [-0.05, 0) is 6.42 Å². The lowest BCUT2D eigenvalue weighted by atomic mass is 10.2. The third-order valence-corrected chi connectivity index (χ3v) is 4.89. The van der Waals surface area contributed by atoms with Crippen LogP contribution in [0.5, 0.6) is 0 Å². The number of amides is 1. The van der Waals surface area contributed by atoms with Gasteiger partial charge in [0.2, 0.25) is 5.91 Å². The first-order valence-corrected chi connectivity index (χ1v) is 8.94. The maximum absolute atomic E-state index is 12.6. The molecule has 0 aliphatic rings. The summed E-state index contributed by atoms with van der Waals surface area (Å²) in [5.74, 6) is -0.376. The number of imidazole rings is 1. The second kappa shape index (κ2) is 7.69. The number of primary amides is 1. The number of fused-ring (bicyclic) bond motifs is 1. The molecule has 0 fully saturated rings. The molecular formula is C15H23N5O3S. The molecule has 0 aromatic carbocycles. The quantitative estimate of drug-likeness (QED) is 0.552. The van der Waals surface area contributed by atoms with Crippen molar-refractivity contribution in [2.45, 2.75) is 44.3 Å². The zero-order chi connectivity index (χ0) is 17.9. The lowest BCUT2D eigenvalue weighted by molar-refractivity contribution is -0.115. The van der Waals surface area contributed by atoms with Gasteiger partial charge in [-0.25, -0.2) is 9.78 Å². The summed E-state index contributed by atoms with van der Waals surface area (Å²) in [6, 6.07) is 0. The number of carbonyl (C=O) groups excluding carboxylic acids is 1. The predicted molar refractivity (Wildman–Crippen MR) is 94.3 cm³/mol. The fourth-order valence-corrected chi connectivity index (χ4v) is 3.34. The van der Waals surface area contributed by atoms with Crippen LogP contribution in [0.4, 0.5) is 0 Å². The molecule has 0 radical (unpaired) electrons. The van der Waals surface area contributed by atoms with Crippen molar-refractivity contribution in [2.24, 2.45) is 19.8 Å². The Balaban J connectivity index is 2.55. The van der Waals surface area contributed by atoms with Crippen molar-refractivity contribution in [1.82, 2.24) is 18.7 Å². The summed E-state index contributed by atoms with van der Waals surface area (Å²) in [4.78, 5) is 40.1. The molecule has 2 aromatic rings. The van der Waals surface area contributed by atoms with Crippen LogP contribution in [0.1, 0.15) is 32.6 Å². The first kappa shape index (κ1) is 18.3. The van der Waals surface area contributed by atoms with E-state index in [4.69, 9.17) is 5.73 Å². The van der Waals surface area contributed by atoms with Crippen molar-refractivity contribution in [1.29, 1.82) is 0 Å². The van der Waals surface area contributed by atoms with Gasteiger partial charge in [0, 0.05) is 20.6 Å². The summed E-state index contributed by atoms with van der Waals surface area (Å²) in [5, 5.41) is 0.540. The van der Waals surface area contributed by atoms with E-state index in [9.17, 15) is 14.4 Å². The van der Waals surface area contributed by atoms with Gasteiger partial charge in [-0.3, -0.25) is 18.7 Å². The van der Waals surface area contributed by atoms with E-state index in [0.29, 0.717) is 22.9 Å². The van der Waals surface area contributed by atoms with Crippen LogP contribution in [0.25, 0.3) is 11.2 Å². The molecule has 0 spiro atoms. The average molecular weight is 353 g/mol. The highest BCUT2D eigenvalue weighted by Gasteiger charge is 2.19. The van der Waals surface area contributed by atoms with E-state index in [-0.39, 0.29) is 11.3 Å². The summed E-state index contributed by atoms with van der Waals surface area (Å²) in [7, 11) is 3.04. The molecule has 1 amide bonds. The molecule has 0 atom stereocenters. The molecule has 0 unspecified atom stereocenters. The van der Waals surface area contributed by atoms with E-state index in [0.717, 1.165) is 30.3 Å². The fourth-order valence-electron chi connectivity index (χ4n) is 2.58. The van der Waals surface area contributed by atoms with Crippen LogP contribution in [0.3, 0.4) is 0 Å². The highest BCUT2D eigenvalue weighted by Crippen LogP contribution is 2.22. The normalized spacial score (nSPS) is 11.3. The minimum absolute atomic E-state index is 0.0759. The van der Waals surface area contributed by atoms with E-state index in [1.807, 2.05) is 0 Å². The van der Waals surface area contributed by atoms with Gasteiger partial charge in [0.25, 0.3) is 5.56 Å². The Bertz CT molecular complexity index is 865. The van der Waals surface area contributed by atoms with Crippen molar-refractivity contribution in [3.63, 3.8) is 0 Å². The monoisotopic (exact) mass is 353 g/mol. The largest absolute Gasteiger partial charge is 0.369 e. The van der Waals surface area contributed by atoms with Crippen LogP contribution in [0.15, 0.2) is 14.7 Å². The lowest BCUT2D eigenvalue weighted by Gasteiger charge is -2.08. The molecule has 0 saturated carbocycles. The van der Waals surface area contributed by atoms with Crippen LogP contribution >= 0.6 is 11.8 Å². The third kappa shape index (κ3) is 3.55. The summed E-state index contributed by atoms with van der Waals surface area (Å²) in [6.07, 6.45) is 4.18. The zero-order valence-electron chi connectivity index (χ0n) is 14.2. The fraction of sp³-hybridized carbons (Fsp3) is 0.600. The van der Waals surface area contributed by atoms with Gasteiger partial charge in [0.1, 0.15) is 0 Å². The Morgan fingerprint density at radius 3 is 2.50 bits per heavy atom. The third-order valence-electron chi connectivity index (χ3n) is 3.89. The van der Waals surface area contributed by atoms with Gasteiger partial charge in [0.05, 0.1) is 5.75 Å². The summed E-state index contributed by atoms with van der Waals surface area (Å²) < 4.78 is 4.24. The topological polar surface area (TPSA) is 105 Å². The molecule has 2 N–H and O–H groups in total. The summed E-state index contributed by atoms with van der Waals surface area (Å²) >= 11 is 1.19. The number of nitrogens with zero attached hydrogens (tertiary/aromatic N) is 4. The average Bonchev–Trinajstić information content (AvgIpc) is 2.91. The summed E-state index contributed by atoms with van der Waals surface area (Å²) in [5.41, 5.74) is 5.15. The second-order valence-corrected chi connectivity index (χ2v) is 6.68. The molecule has 0 saturated heterocycles. The molecule has 0 bridgehead atoms. The Labute approximate surface area is 143 Å². The number of aryl methyl sites for hydroxylation is 2. The minimum Gasteiger partial charge on any atom is -0.369 e. The number of rotatable bonds is 8. The van der Waals surface area contributed by atoms with Crippen LogP contribution < -0.4 is 17.0 Å². The lowest BCUT2D eigenvalue weighted by Crippen LogP contribution is -2.37. The first-order valence-electron chi connectivity index (χ1n) is 7.95. The highest BCUT2D eigenvalue weighted by molar-refractivity contribution is 7.99. The highest BCUT2D eigenvalue weighted by atomic mass is 32.2. The molecule has 0 aliphatic carbocycles. The van der Waals surface area contributed by atoms with E-state index in [2.05, 4.69) is 11.9 Å². The van der Waals surface area contributed by atoms with Crippen molar-refractivity contribution in [3.05, 3.63) is 20.8 Å². The zero-order valence-corrected chi connectivity index (χ0v) is 15.1. The van der Waals surface area contributed by atoms with E-state index < -0.39 is 11.6 Å². The SMILES string of the molecule is CCCCCCn1c(SCC(N)=O)nc2c1c(=O)n(C)c(=O)n2C. The first-order chi connectivity index (χ1) is 11.4. The van der Waals surface area contributed by atoms with Gasteiger partial charge in [-0.15, -0.1) is 0 Å². The standard InChI is InChI=1S/C15H23N5O3S/c1-4-5-6-7-8-20-11-12(17-14(20)24-9-10(16)21)18(2)15(23)19(3)13(11)22/h4-9H2,1-3H3,(H2,16,21). The molecule has 24 heavy (non-hydrogen) atoms.